The first-order chi connectivity index (χ1) is 18.3. The molecule has 1 atom stereocenters. The van der Waals surface area contributed by atoms with Crippen molar-refractivity contribution in [2.24, 2.45) is 0 Å². The summed E-state index contributed by atoms with van der Waals surface area (Å²) in [7, 11) is -4.10. The van der Waals surface area contributed by atoms with Gasteiger partial charge in [-0.15, -0.1) is 0 Å². The summed E-state index contributed by atoms with van der Waals surface area (Å²) in [6.45, 7) is 8.81. The molecule has 0 saturated heterocycles. The van der Waals surface area contributed by atoms with Gasteiger partial charge in [-0.25, -0.2) is 8.42 Å². The molecule has 1 N–H and O–H groups in total. The molecule has 0 aliphatic carbocycles. The van der Waals surface area contributed by atoms with E-state index < -0.39 is 34.1 Å². The average molecular weight is 570 g/mol. The Morgan fingerprint density at radius 3 is 2.18 bits per heavy atom. The van der Waals surface area contributed by atoms with Gasteiger partial charge in [-0.3, -0.25) is 13.9 Å². The molecular weight excluding hydrogens is 534 g/mol. The van der Waals surface area contributed by atoms with E-state index in [4.69, 9.17) is 11.6 Å². The number of nitrogens with zero attached hydrogens (tertiary/aromatic N) is 2. The van der Waals surface area contributed by atoms with Crippen molar-refractivity contribution >= 4 is 39.1 Å². The van der Waals surface area contributed by atoms with Crippen molar-refractivity contribution in [3.05, 3.63) is 95.0 Å². The van der Waals surface area contributed by atoms with E-state index in [9.17, 15) is 18.0 Å². The average Bonchev–Trinajstić information content (AvgIpc) is 2.87. The number of amides is 2. The van der Waals surface area contributed by atoms with E-state index in [-0.39, 0.29) is 17.3 Å². The molecule has 0 heterocycles. The fraction of sp³-hybridized carbons (Fsp3) is 0.333. The fourth-order valence-corrected chi connectivity index (χ4v) is 5.84. The molecule has 39 heavy (non-hydrogen) atoms. The molecule has 7 nitrogen and oxygen atoms in total. The first-order valence-electron chi connectivity index (χ1n) is 12.8. The summed E-state index contributed by atoms with van der Waals surface area (Å²) in [5, 5.41) is 3.41. The molecule has 2 amide bonds. The maximum absolute atomic E-state index is 14.1. The molecule has 3 aromatic rings. The molecule has 0 radical (unpaired) electrons. The molecule has 0 spiro atoms. The molecule has 0 saturated carbocycles. The highest BCUT2D eigenvalue weighted by Gasteiger charge is 2.34. The predicted octanol–water partition coefficient (Wildman–Crippen LogP) is 5.57. The fourth-order valence-electron chi connectivity index (χ4n) is 4.21. The lowest BCUT2D eigenvalue weighted by Crippen LogP contribution is -2.55. The maximum atomic E-state index is 14.1. The standard InChI is InChI=1S/C30H36ClN3O4S/c1-6-27(29(36)32-30(3,4)5)33(20-23-14-10-11-18-26(23)31)28(35)21-34(24-15-12-13-22(2)19-24)39(37,38)25-16-8-7-9-17-25/h7-19,27H,6,20-21H2,1-5H3,(H,32,36). The zero-order chi connectivity index (χ0) is 28.8. The van der Waals surface area contributed by atoms with Crippen molar-refractivity contribution in [2.45, 2.75) is 64.1 Å². The SMILES string of the molecule is CCC(C(=O)NC(C)(C)C)N(Cc1ccccc1Cl)C(=O)CN(c1cccc(C)c1)S(=O)(=O)c1ccccc1. The molecule has 208 valence electrons. The summed E-state index contributed by atoms with van der Waals surface area (Å²) in [4.78, 5) is 28.9. The number of aryl methyl sites for hydroxylation is 1. The van der Waals surface area contributed by atoms with Crippen LogP contribution in [0.2, 0.25) is 5.02 Å². The zero-order valence-corrected chi connectivity index (χ0v) is 24.6. The van der Waals surface area contributed by atoms with Crippen LogP contribution in [0, 0.1) is 6.92 Å². The van der Waals surface area contributed by atoms with E-state index in [1.807, 2.05) is 40.7 Å². The molecule has 0 aliphatic heterocycles. The van der Waals surface area contributed by atoms with E-state index in [2.05, 4.69) is 5.32 Å². The molecule has 1 unspecified atom stereocenters. The minimum absolute atomic E-state index is 0.0433. The first kappa shape index (κ1) is 30.2. The number of nitrogens with one attached hydrogen (secondary N) is 1. The molecule has 0 bridgehead atoms. The molecular formula is C30H36ClN3O4S. The van der Waals surface area contributed by atoms with Crippen LogP contribution in [0.1, 0.15) is 45.2 Å². The zero-order valence-electron chi connectivity index (χ0n) is 23.0. The number of rotatable bonds is 10. The van der Waals surface area contributed by atoms with Gasteiger partial charge in [0.1, 0.15) is 12.6 Å². The Morgan fingerprint density at radius 1 is 0.949 bits per heavy atom. The lowest BCUT2D eigenvalue weighted by Gasteiger charge is -2.35. The monoisotopic (exact) mass is 569 g/mol. The topological polar surface area (TPSA) is 86.8 Å². The number of anilines is 1. The summed E-state index contributed by atoms with van der Waals surface area (Å²) in [6, 6.07) is 21.2. The van der Waals surface area contributed by atoms with Crippen LogP contribution in [0.4, 0.5) is 5.69 Å². The number of hydrogen-bond donors (Lipinski definition) is 1. The van der Waals surface area contributed by atoms with E-state index in [0.29, 0.717) is 22.7 Å². The van der Waals surface area contributed by atoms with Gasteiger partial charge >= 0.3 is 0 Å². The number of halogens is 1. The molecule has 9 heteroatoms. The van der Waals surface area contributed by atoms with Gasteiger partial charge in [0.25, 0.3) is 10.0 Å². The van der Waals surface area contributed by atoms with Gasteiger partial charge in [-0.2, -0.15) is 0 Å². The Kier molecular flexibility index (Phi) is 9.80. The molecule has 3 rings (SSSR count). The third-order valence-corrected chi connectivity index (χ3v) is 8.24. The predicted molar refractivity (Wildman–Crippen MR) is 156 cm³/mol. The maximum Gasteiger partial charge on any atom is 0.264 e. The number of hydrogen-bond acceptors (Lipinski definition) is 4. The Morgan fingerprint density at radius 2 is 1.59 bits per heavy atom. The minimum Gasteiger partial charge on any atom is -0.350 e. The van der Waals surface area contributed by atoms with E-state index in [1.165, 1.54) is 17.0 Å². The first-order valence-corrected chi connectivity index (χ1v) is 14.6. The number of carbonyl (C=O) groups excluding carboxylic acids is 2. The van der Waals surface area contributed by atoms with Crippen molar-refractivity contribution in [1.29, 1.82) is 0 Å². The summed E-state index contributed by atoms with van der Waals surface area (Å²) in [5.74, 6) is -0.842. The summed E-state index contributed by atoms with van der Waals surface area (Å²) >= 11 is 6.43. The molecule has 0 aromatic heterocycles. The van der Waals surface area contributed by atoms with Gasteiger partial charge in [0.15, 0.2) is 0 Å². The van der Waals surface area contributed by atoms with Crippen LogP contribution < -0.4 is 9.62 Å². The Hall–Kier alpha value is -3.36. The minimum atomic E-state index is -4.10. The Labute approximate surface area is 236 Å². The van der Waals surface area contributed by atoms with Crippen molar-refractivity contribution < 1.29 is 18.0 Å². The van der Waals surface area contributed by atoms with Crippen LogP contribution in [0.3, 0.4) is 0 Å². The lowest BCUT2D eigenvalue weighted by molar-refractivity contribution is -0.141. The third-order valence-electron chi connectivity index (χ3n) is 6.08. The Bertz CT molecular complexity index is 1400. The van der Waals surface area contributed by atoms with Crippen LogP contribution >= 0.6 is 11.6 Å². The second-order valence-electron chi connectivity index (χ2n) is 10.4. The normalized spacial score (nSPS) is 12.5. The number of sulfonamides is 1. The van der Waals surface area contributed by atoms with Gasteiger partial charge in [-0.1, -0.05) is 67.1 Å². The quantitative estimate of drug-likeness (QED) is 0.346. The van der Waals surface area contributed by atoms with Gasteiger partial charge in [-0.05, 0) is 75.6 Å². The summed E-state index contributed by atoms with van der Waals surface area (Å²) in [6.07, 6.45) is 0.327. The smallest absolute Gasteiger partial charge is 0.264 e. The van der Waals surface area contributed by atoms with Crippen molar-refractivity contribution in [1.82, 2.24) is 10.2 Å². The van der Waals surface area contributed by atoms with Crippen LogP contribution in [0.25, 0.3) is 0 Å². The molecule has 0 aliphatic rings. The molecule has 3 aromatic carbocycles. The largest absolute Gasteiger partial charge is 0.350 e. The number of benzene rings is 3. The van der Waals surface area contributed by atoms with Gasteiger partial charge in [0.05, 0.1) is 10.6 Å². The Balaban J connectivity index is 2.08. The van der Waals surface area contributed by atoms with E-state index >= 15 is 0 Å². The van der Waals surface area contributed by atoms with Crippen molar-refractivity contribution in [2.75, 3.05) is 10.8 Å². The second-order valence-corrected chi connectivity index (χ2v) is 12.7. The summed E-state index contributed by atoms with van der Waals surface area (Å²) < 4.78 is 28.8. The van der Waals surface area contributed by atoms with Crippen LogP contribution in [0.15, 0.2) is 83.8 Å². The highest BCUT2D eigenvalue weighted by atomic mass is 35.5. The van der Waals surface area contributed by atoms with Crippen LogP contribution in [-0.2, 0) is 26.2 Å². The van der Waals surface area contributed by atoms with E-state index in [1.54, 1.807) is 60.7 Å². The summed E-state index contributed by atoms with van der Waals surface area (Å²) in [5.41, 5.74) is 1.34. The van der Waals surface area contributed by atoms with Crippen molar-refractivity contribution in [3.63, 3.8) is 0 Å². The molecule has 0 fully saturated rings. The highest BCUT2D eigenvalue weighted by Crippen LogP contribution is 2.26. The third kappa shape index (κ3) is 7.83. The van der Waals surface area contributed by atoms with Crippen LogP contribution in [-0.4, -0.2) is 43.3 Å². The number of carbonyl (C=O) groups is 2. The van der Waals surface area contributed by atoms with Crippen molar-refractivity contribution in [3.8, 4) is 0 Å². The van der Waals surface area contributed by atoms with Gasteiger partial charge < -0.3 is 10.2 Å². The van der Waals surface area contributed by atoms with Crippen LogP contribution in [0.5, 0.6) is 0 Å². The lowest BCUT2D eigenvalue weighted by atomic mass is 10.1. The van der Waals surface area contributed by atoms with Gasteiger partial charge in [0, 0.05) is 17.1 Å². The van der Waals surface area contributed by atoms with Gasteiger partial charge in [0.2, 0.25) is 11.8 Å². The second kappa shape index (κ2) is 12.7. The highest BCUT2D eigenvalue weighted by molar-refractivity contribution is 7.92. The van der Waals surface area contributed by atoms with E-state index in [0.717, 1.165) is 9.87 Å².